The van der Waals surface area contributed by atoms with Crippen LogP contribution in [0, 0.1) is 11.8 Å². The molecule has 0 saturated carbocycles. The fourth-order valence-corrected chi connectivity index (χ4v) is 6.45. The van der Waals surface area contributed by atoms with Gasteiger partial charge in [0.05, 0.1) is 19.6 Å². The average molecular weight is 691 g/mol. The summed E-state index contributed by atoms with van der Waals surface area (Å²) >= 11 is 0. The lowest BCUT2D eigenvalue weighted by atomic mass is 9.82. The van der Waals surface area contributed by atoms with Crippen LogP contribution in [0.5, 0.6) is 5.75 Å². The highest BCUT2D eigenvalue weighted by molar-refractivity contribution is 5.92. The van der Waals surface area contributed by atoms with E-state index in [4.69, 9.17) is 9.57 Å². The molecule has 0 aliphatic rings. The van der Waals surface area contributed by atoms with E-state index in [1.165, 1.54) is 0 Å². The third-order valence-corrected chi connectivity index (χ3v) is 9.22. The Morgan fingerprint density at radius 3 is 1.94 bits per heavy atom. The number of carbonyl (C=O) groups is 3. The van der Waals surface area contributed by atoms with E-state index >= 15 is 0 Å². The summed E-state index contributed by atoms with van der Waals surface area (Å²) in [5, 5.41) is 13.7. The Bertz CT molecular complexity index is 1830. The number of methoxy groups -OCH3 is 1. The van der Waals surface area contributed by atoms with Crippen LogP contribution in [0.15, 0.2) is 115 Å². The number of aromatic nitrogens is 1. The van der Waals surface area contributed by atoms with Gasteiger partial charge in [0.25, 0.3) is 5.91 Å². The molecule has 0 fully saturated rings. The molecule has 0 spiro atoms. The molecular weight excluding hydrogens is 644 g/mol. The second kappa shape index (κ2) is 19.1. The van der Waals surface area contributed by atoms with Gasteiger partial charge in [0.15, 0.2) is 0 Å². The molecule has 266 valence electrons. The van der Waals surface area contributed by atoms with Crippen LogP contribution in [0.4, 0.5) is 0 Å². The summed E-state index contributed by atoms with van der Waals surface area (Å²) in [6.45, 7) is 0.147. The maximum Gasteiger partial charge on any atom is 0.266 e. The normalized spacial score (nSPS) is 12.8. The third kappa shape index (κ3) is 10.8. The number of hydrogen-bond acceptors (Lipinski definition) is 6. The monoisotopic (exact) mass is 690 g/mol. The van der Waals surface area contributed by atoms with E-state index in [-0.39, 0.29) is 13.0 Å². The van der Waals surface area contributed by atoms with Crippen molar-refractivity contribution in [2.24, 2.45) is 11.8 Å². The second-order valence-corrected chi connectivity index (χ2v) is 12.7. The van der Waals surface area contributed by atoms with E-state index in [0.29, 0.717) is 38.5 Å². The van der Waals surface area contributed by atoms with Crippen molar-refractivity contribution in [3.05, 3.63) is 138 Å². The summed E-state index contributed by atoms with van der Waals surface area (Å²) in [4.78, 5) is 50.1. The van der Waals surface area contributed by atoms with E-state index in [2.05, 4.69) is 15.8 Å². The predicted octanol–water partition coefficient (Wildman–Crippen LogP) is 6.24. The molecule has 0 aliphatic carbocycles. The first-order valence-corrected chi connectivity index (χ1v) is 17.4. The molecule has 10 nitrogen and oxygen atoms in total. The van der Waals surface area contributed by atoms with Gasteiger partial charge in [0, 0.05) is 29.4 Å². The Kier molecular flexibility index (Phi) is 13.8. The Morgan fingerprint density at radius 1 is 0.706 bits per heavy atom. The highest BCUT2D eigenvalue weighted by Gasteiger charge is 2.35. The standard InChI is InChI=1S/C41H46N4O6/c1-50-33-24-22-30(23-25-33)17-11-19-35(36(40(47)44-49)20-10-16-29-12-4-2-5-13-29)39(46)43-38(26-32-27-42-37-21-9-8-18-34(32)37)41(48)45-51-28-31-14-6-3-7-15-31/h2-9,12-15,18,21-25,27,35-36,38,42,49H,10-11,16-17,19-20,26,28H2,1H3,(H,43,46)(H,44,47)(H,45,48)/t35-,36+,38+/m0/s1. The number of ether oxygens (including phenoxy) is 1. The van der Waals surface area contributed by atoms with Crippen molar-refractivity contribution in [3.8, 4) is 5.75 Å². The molecule has 51 heavy (non-hydrogen) atoms. The van der Waals surface area contributed by atoms with Crippen LogP contribution < -0.4 is 21.0 Å². The number of H-pyrrole nitrogens is 1. The van der Waals surface area contributed by atoms with E-state index < -0.39 is 35.6 Å². The number of benzene rings is 4. The van der Waals surface area contributed by atoms with Crippen LogP contribution in [-0.2, 0) is 45.1 Å². The summed E-state index contributed by atoms with van der Waals surface area (Å²) in [5.74, 6) is -2.50. The molecule has 5 N–H and O–H groups in total. The number of para-hydroxylation sites is 1. The Balaban J connectivity index is 1.36. The lowest BCUT2D eigenvalue weighted by molar-refractivity contribution is -0.143. The highest BCUT2D eigenvalue weighted by Crippen LogP contribution is 2.27. The molecular formula is C41H46N4O6. The minimum atomic E-state index is -1.02. The number of aromatic amines is 1. The van der Waals surface area contributed by atoms with Crippen LogP contribution in [0.2, 0.25) is 0 Å². The number of carbonyl (C=O) groups excluding carboxylic acids is 3. The van der Waals surface area contributed by atoms with Crippen molar-refractivity contribution in [2.75, 3.05) is 7.11 Å². The Morgan fingerprint density at radius 2 is 1.29 bits per heavy atom. The van der Waals surface area contributed by atoms with E-state index in [1.54, 1.807) is 7.11 Å². The summed E-state index contributed by atoms with van der Waals surface area (Å²) < 4.78 is 5.28. The van der Waals surface area contributed by atoms with E-state index in [9.17, 15) is 19.6 Å². The molecule has 1 heterocycles. The predicted molar refractivity (Wildman–Crippen MR) is 196 cm³/mol. The minimum Gasteiger partial charge on any atom is -0.497 e. The SMILES string of the molecule is COc1ccc(CCC[C@H](C(=O)N[C@H](Cc2c[nH]c3ccccc23)C(=O)NOCc2ccccc2)[C@@H](CCCc2ccccc2)C(=O)NO)cc1. The summed E-state index contributed by atoms with van der Waals surface area (Å²) in [7, 11) is 1.61. The van der Waals surface area contributed by atoms with Gasteiger partial charge in [-0.25, -0.2) is 11.0 Å². The van der Waals surface area contributed by atoms with Gasteiger partial charge in [-0.3, -0.25) is 24.4 Å². The van der Waals surface area contributed by atoms with Crippen LogP contribution in [-0.4, -0.2) is 41.1 Å². The number of fused-ring (bicyclic) bond motifs is 1. The zero-order chi connectivity index (χ0) is 35.8. The maximum atomic E-state index is 14.3. The van der Waals surface area contributed by atoms with Gasteiger partial charge in [0.2, 0.25) is 11.8 Å². The molecule has 0 unspecified atom stereocenters. The fourth-order valence-electron chi connectivity index (χ4n) is 6.45. The lowest BCUT2D eigenvalue weighted by Crippen LogP contribution is -2.51. The van der Waals surface area contributed by atoms with Gasteiger partial charge >= 0.3 is 0 Å². The molecule has 5 rings (SSSR count). The van der Waals surface area contributed by atoms with Gasteiger partial charge in [-0.05, 0) is 79.0 Å². The molecule has 0 bridgehead atoms. The van der Waals surface area contributed by atoms with Gasteiger partial charge in [-0.15, -0.1) is 0 Å². The summed E-state index contributed by atoms with van der Waals surface area (Å²) in [6.07, 6.45) is 5.32. The molecule has 4 aromatic carbocycles. The topological polar surface area (TPSA) is 142 Å². The minimum absolute atomic E-state index is 0.147. The first-order chi connectivity index (χ1) is 24.9. The third-order valence-electron chi connectivity index (χ3n) is 9.22. The molecule has 10 heteroatoms. The Hall–Kier alpha value is -5.45. The van der Waals surface area contributed by atoms with Crippen molar-refractivity contribution >= 4 is 28.6 Å². The molecule has 5 aromatic rings. The van der Waals surface area contributed by atoms with Crippen molar-refractivity contribution in [2.45, 2.75) is 57.6 Å². The summed E-state index contributed by atoms with van der Waals surface area (Å²) in [5.41, 5.74) is 9.15. The first-order valence-electron chi connectivity index (χ1n) is 17.4. The zero-order valence-electron chi connectivity index (χ0n) is 28.8. The van der Waals surface area contributed by atoms with Crippen molar-refractivity contribution in [1.29, 1.82) is 0 Å². The van der Waals surface area contributed by atoms with Gasteiger partial charge in [-0.2, -0.15) is 0 Å². The van der Waals surface area contributed by atoms with Crippen molar-refractivity contribution in [1.82, 2.24) is 21.3 Å². The molecule has 3 amide bonds. The lowest BCUT2D eigenvalue weighted by Gasteiger charge is -2.27. The molecule has 0 radical (unpaired) electrons. The van der Waals surface area contributed by atoms with E-state index in [1.807, 2.05) is 121 Å². The van der Waals surface area contributed by atoms with Crippen LogP contribution in [0.3, 0.4) is 0 Å². The number of rotatable bonds is 19. The zero-order valence-corrected chi connectivity index (χ0v) is 28.8. The van der Waals surface area contributed by atoms with Gasteiger partial charge in [-0.1, -0.05) is 91.0 Å². The molecule has 0 aliphatic heterocycles. The van der Waals surface area contributed by atoms with Crippen LogP contribution >= 0.6 is 0 Å². The number of aryl methyl sites for hydroxylation is 2. The number of hydroxylamine groups is 2. The van der Waals surface area contributed by atoms with Crippen LogP contribution in [0.1, 0.15) is 47.9 Å². The molecule has 1 aromatic heterocycles. The fraction of sp³-hybridized carbons (Fsp3) is 0.293. The largest absolute Gasteiger partial charge is 0.497 e. The second-order valence-electron chi connectivity index (χ2n) is 12.7. The highest BCUT2D eigenvalue weighted by atomic mass is 16.6. The quantitative estimate of drug-likeness (QED) is 0.0514. The van der Waals surface area contributed by atoms with Crippen LogP contribution in [0.25, 0.3) is 10.9 Å². The van der Waals surface area contributed by atoms with E-state index in [0.717, 1.165) is 38.9 Å². The molecule has 0 saturated heterocycles. The van der Waals surface area contributed by atoms with Crippen molar-refractivity contribution < 1.29 is 29.2 Å². The summed E-state index contributed by atoms with van der Waals surface area (Å²) in [6, 6.07) is 33.8. The van der Waals surface area contributed by atoms with Gasteiger partial charge < -0.3 is 15.0 Å². The maximum absolute atomic E-state index is 14.3. The number of amides is 3. The number of nitrogens with one attached hydrogen (secondary N) is 4. The smallest absolute Gasteiger partial charge is 0.266 e. The molecule has 3 atom stereocenters. The average Bonchev–Trinajstić information content (AvgIpc) is 3.58. The van der Waals surface area contributed by atoms with Crippen molar-refractivity contribution in [3.63, 3.8) is 0 Å². The first kappa shape index (κ1) is 36.8. The number of hydrogen-bond donors (Lipinski definition) is 5. The Labute approximate surface area is 298 Å². The van der Waals surface area contributed by atoms with Gasteiger partial charge in [0.1, 0.15) is 11.8 Å².